The molecule has 16 nitrogen and oxygen atoms in total. The Morgan fingerprint density at radius 2 is 0.926 bits per heavy atom. The largest absolute Gasteiger partial charge is 0.412 e. The molecule has 0 radical (unpaired) electrons. The highest BCUT2D eigenvalue weighted by Crippen LogP contribution is 2.00. The van der Waals surface area contributed by atoms with E-state index >= 15 is 0 Å². The number of H-pyrrole nitrogens is 4. The van der Waals surface area contributed by atoms with Gasteiger partial charge in [-0.2, -0.15) is 8.42 Å². The van der Waals surface area contributed by atoms with Crippen LogP contribution in [-0.4, -0.2) is 48.4 Å². The third-order valence-corrected chi connectivity index (χ3v) is 2.43. The zero-order valence-corrected chi connectivity index (χ0v) is 15.5. The van der Waals surface area contributed by atoms with Crippen LogP contribution in [0.4, 0.5) is 23.0 Å². The van der Waals surface area contributed by atoms with E-state index in [1.165, 1.54) is 0 Å². The van der Waals surface area contributed by atoms with Crippen molar-refractivity contribution in [3.8, 4) is 0 Å². The van der Waals surface area contributed by atoms with Gasteiger partial charge in [0.2, 0.25) is 0 Å². The van der Waals surface area contributed by atoms with Crippen LogP contribution in [0.2, 0.25) is 0 Å². The van der Waals surface area contributed by atoms with Gasteiger partial charge in [-0.05, 0) is 24.4 Å². The van der Waals surface area contributed by atoms with Crippen molar-refractivity contribution in [2.45, 2.75) is 0 Å². The van der Waals surface area contributed by atoms with Gasteiger partial charge in [-0.25, -0.2) is 0 Å². The topological polar surface area (TPSA) is 339 Å². The molecular weight excluding hydrogens is 432 g/mol. The minimum atomic E-state index is -4.67. The molecule has 27 heavy (non-hydrogen) atoms. The maximum Gasteiger partial charge on any atom is 0.394 e. The van der Waals surface area contributed by atoms with Gasteiger partial charge in [0.1, 0.15) is 23.0 Å². The fourth-order valence-electron chi connectivity index (χ4n) is 1.03. The quantitative estimate of drug-likeness (QED) is 0.141. The molecule has 156 valence electrons. The highest BCUT2D eigenvalue weighted by Gasteiger charge is 1.97. The maximum absolute atomic E-state index is 10.7. The lowest BCUT2D eigenvalue weighted by atomic mass is 10.5. The molecule has 19 heteroatoms. The average Bonchev–Trinajstić information content (AvgIpc) is 2.40. The Labute approximate surface area is 159 Å². The van der Waals surface area contributed by atoms with Crippen LogP contribution in [0.5, 0.6) is 0 Å². The molecule has 0 aliphatic carbocycles. The van der Waals surface area contributed by atoms with E-state index in [2.05, 4.69) is 44.4 Å². The Morgan fingerprint density at radius 3 is 1.11 bits per heavy atom. The van der Waals surface area contributed by atoms with Gasteiger partial charge in [0.05, 0.1) is 0 Å². The van der Waals surface area contributed by atoms with E-state index in [0.29, 0.717) is 0 Å². The third kappa shape index (κ3) is 12.2. The number of aromatic amines is 4. The number of hydrogen-bond donors (Lipinski definition) is 10. The lowest BCUT2D eigenvalue weighted by Crippen LogP contribution is -2.15. The van der Waals surface area contributed by atoms with Crippen molar-refractivity contribution in [3.05, 3.63) is 30.2 Å². The molecule has 2 heterocycles. The van der Waals surface area contributed by atoms with Crippen LogP contribution in [0.25, 0.3) is 0 Å². The number of nitrogen functional groups attached to an aromatic ring is 4. The summed E-state index contributed by atoms with van der Waals surface area (Å²) in [6.07, 6.45) is 0. The van der Waals surface area contributed by atoms with Gasteiger partial charge in [0, 0.05) is 0 Å². The number of hydrogen-bond acceptors (Lipinski definition) is 10. The summed E-state index contributed by atoms with van der Waals surface area (Å²) in [4.78, 5) is 31.0. The van der Waals surface area contributed by atoms with Crippen molar-refractivity contribution >= 4 is 57.8 Å². The van der Waals surface area contributed by atoms with E-state index in [4.69, 9.17) is 40.5 Å². The molecule has 0 aliphatic heterocycles. The Bertz CT molecular complexity index is 989. The SMILES string of the molecule is Nc1[nH]c(=S)[nH]c(=O)c1N.Nc1[nH]c(=S)[nH]c(=O)c1N.O.O.O=S(=O)(O)O. The van der Waals surface area contributed by atoms with E-state index < -0.39 is 21.5 Å². The molecule has 0 aliphatic rings. The maximum atomic E-state index is 10.7. The standard InChI is InChI=1S/2C4H6N4OS.H2O4S.2H2O/c2*5-1-2(6)7-4(10)8-3(1)9;1-5(2,3)4;;/h2*5H2,(H4,6,7,8,9,10);(H2,1,2,3,4);2*1H2. The molecule has 0 spiro atoms. The van der Waals surface area contributed by atoms with Crippen molar-refractivity contribution < 1.29 is 28.5 Å². The van der Waals surface area contributed by atoms with Crippen LogP contribution >= 0.6 is 24.4 Å². The molecule has 0 saturated heterocycles. The normalized spacial score (nSPS) is 9.26. The molecule has 0 aromatic carbocycles. The number of aromatic nitrogens is 4. The third-order valence-electron chi connectivity index (χ3n) is 2.02. The van der Waals surface area contributed by atoms with E-state index in [9.17, 15) is 9.59 Å². The summed E-state index contributed by atoms with van der Waals surface area (Å²) >= 11 is 9.20. The van der Waals surface area contributed by atoms with E-state index in [1.807, 2.05) is 0 Å². The molecule has 2 aromatic heterocycles. The molecular formula is C8H18N8O8S3. The Kier molecular flexibility index (Phi) is 12.6. The molecule has 0 unspecified atom stereocenters. The van der Waals surface area contributed by atoms with Crippen molar-refractivity contribution in [2.75, 3.05) is 22.9 Å². The van der Waals surface area contributed by atoms with Gasteiger partial charge in [0.15, 0.2) is 9.54 Å². The first kappa shape index (κ1) is 29.0. The first-order chi connectivity index (χ1) is 11.2. The molecule has 0 bridgehead atoms. The van der Waals surface area contributed by atoms with Crippen LogP contribution < -0.4 is 34.1 Å². The second-order valence-electron chi connectivity index (χ2n) is 3.92. The Balaban J connectivity index is -0.000000326. The van der Waals surface area contributed by atoms with Gasteiger partial charge >= 0.3 is 10.4 Å². The zero-order chi connectivity index (χ0) is 19.9. The van der Waals surface area contributed by atoms with Crippen molar-refractivity contribution in [2.24, 2.45) is 0 Å². The summed E-state index contributed by atoms with van der Waals surface area (Å²) < 4.78 is 31.9. The summed E-state index contributed by atoms with van der Waals surface area (Å²) in [5, 5.41) is 0. The summed E-state index contributed by atoms with van der Waals surface area (Å²) in [6.45, 7) is 0. The van der Waals surface area contributed by atoms with Crippen molar-refractivity contribution in [3.63, 3.8) is 0 Å². The van der Waals surface area contributed by atoms with Gasteiger partial charge in [-0.1, -0.05) is 0 Å². The zero-order valence-electron chi connectivity index (χ0n) is 13.1. The lowest BCUT2D eigenvalue weighted by Gasteiger charge is -1.95. The highest BCUT2D eigenvalue weighted by atomic mass is 32.3. The average molecular weight is 450 g/mol. The van der Waals surface area contributed by atoms with Gasteiger partial charge in [-0.3, -0.25) is 28.7 Å². The van der Waals surface area contributed by atoms with E-state index in [0.717, 1.165) is 0 Å². The number of nitrogens with one attached hydrogen (secondary N) is 4. The van der Waals surface area contributed by atoms with Crippen LogP contribution in [0.3, 0.4) is 0 Å². The first-order valence-corrected chi connectivity index (χ1v) is 7.88. The second kappa shape index (κ2) is 11.7. The lowest BCUT2D eigenvalue weighted by molar-refractivity contribution is 0.381. The fourth-order valence-corrected chi connectivity index (χ4v) is 1.43. The highest BCUT2D eigenvalue weighted by molar-refractivity contribution is 7.79. The van der Waals surface area contributed by atoms with Gasteiger partial charge in [0.25, 0.3) is 11.1 Å². The Hall–Kier alpha value is -2.81. The molecule has 0 atom stereocenters. The number of nitrogens with two attached hydrogens (primary N) is 4. The molecule has 2 rings (SSSR count). The molecule has 0 saturated carbocycles. The van der Waals surface area contributed by atoms with E-state index in [1.54, 1.807) is 0 Å². The molecule has 18 N–H and O–H groups in total. The predicted molar refractivity (Wildman–Crippen MR) is 104 cm³/mol. The van der Waals surface area contributed by atoms with Crippen LogP contribution in [0.1, 0.15) is 0 Å². The summed E-state index contributed by atoms with van der Waals surface area (Å²) in [5.41, 5.74) is 19.9. The smallest absolute Gasteiger partial charge is 0.394 e. The van der Waals surface area contributed by atoms with Gasteiger partial charge in [-0.15, -0.1) is 0 Å². The fraction of sp³-hybridized carbons (Fsp3) is 0. The van der Waals surface area contributed by atoms with Crippen molar-refractivity contribution in [1.82, 2.24) is 19.9 Å². The first-order valence-electron chi connectivity index (χ1n) is 5.67. The number of anilines is 4. The molecule has 0 amide bonds. The van der Waals surface area contributed by atoms with E-state index in [-0.39, 0.29) is 43.5 Å². The summed E-state index contributed by atoms with van der Waals surface area (Å²) in [7, 11) is -4.67. The predicted octanol–water partition coefficient (Wildman–Crippen LogP) is -3.11. The minimum absolute atomic E-state index is 0. The summed E-state index contributed by atoms with van der Waals surface area (Å²) in [5.74, 6) is 0.211. The number of rotatable bonds is 0. The second-order valence-corrected chi connectivity index (χ2v) is 5.63. The van der Waals surface area contributed by atoms with Crippen LogP contribution in [0.15, 0.2) is 9.59 Å². The molecule has 2 aromatic rings. The Morgan fingerprint density at radius 1 is 0.704 bits per heavy atom. The monoisotopic (exact) mass is 450 g/mol. The summed E-state index contributed by atoms with van der Waals surface area (Å²) in [6, 6.07) is 0. The van der Waals surface area contributed by atoms with Crippen LogP contribution in [-0.2, 0) is 10.4 Å². The van der Waals surface area contributed by atoms with Gasteiger partial charge < -0.3 is 43.9 Å². The van der Waals surface area contributed by atoms with Crippen LogP contribution in [0, 0.1) is 9.54 Å². The molecule has 0 fully saturated rings. The van der Waals surface area contributed by atoms with Crippen molar-refractivity contribution in [1.29, 1.82) is 0 Å². The minimum Gasteiger partial charge on any atom is -0.412 e.